The van der Waals surface area contributed by atoms with Crippen LogP contribution in [0.4, 0.5) is 0 Å². The first-order valence-corrected chi connectivity index (χ1v) is 14.4. The van der Waals surface area contributed by atoms with Gasteiger partial charge in [-0.1, -0.05) is 48.5 Å². The Morgan fingerprint density at radius 3 is 1.85 bits per heavy atom. The molecule has 0 aliphatic heterocycles. The van der Waals surface area contributed by atoms with Gasteiger partial charge in [-0.2, -0.15) is 5.26 Å². The molecule has 2 heterocycles. The number of nitriles is 1. The molecular weight excluding hydrogens is 490 g/mol. The zero-order valence-electron chi connectivity index (χ0n) is 22.3. The molecule has 4 bridgehead atoms. The molecule has 0 radical (unpaired) electrons. The maximum Gasteiger partial charge on any atom is 0.164 e. The van der Waals surface area contributed by atoms with E-state index in [2.05, 4.69) is 41.4 Å². The fraction of sp³-hybridized carbons (Fsp3) is 0.286. The Balaban J connectivity index is 1.21. The van der Waals surface area contributed by atoms with Crippen LogP contribution < -0.4 is 0 Å². The van der Waals surface area contributed by atoms with Gasteiger partial charge in [-0.05, 0) is 102 Å². The van der Waals surface area contributed by atoms with Crippen LogP contribution in [0.1, 0.15) is 49.7 Å². The summed E-state index contributed by atoms with van der Waals surface area (Å²) in [5, 5.41) is 11.4. The Labute approximate surface area is 234 Å². The van der Waals surface area contributed by atoms with E-state index in [4.69, 9.17) is 15.0 Å². The number of hydrogen-bond acceptors (Lipinski definition) is 5. The van der Waals surface area contributed by atoms with E-state index in [1.54, 1.807) is 12.4 Å². The van der Waals surface area contributed by atoms with Crippen LogP contribution in [0.25, 0.3) is 44.9 Å². The molecule has 0 unspecified atom stereocenters. The van der Waals surface area contributed by atoms with Crippen molar-refractivity contribution in [3.8, 4) is 40.2 Å². The van der Waals surface area contributed by atoms with Crippen LogP contribution in [0.2, 0.25) is 0 Å². The third-order valence-electron chi connectivity index (χ3n) is 9.63. The second kappa shape index (κ2) is 9.06. The lowest BCUT2D eigenvalue weighted by molar-refractivity contribution is -0.00518. The number of aromatic nitrogens is 4. The quantitative estimate of drug-likeness (QED) is 0.243. The molecule has 4 fully saturated rings. The van der Waals surface area contributed by atoms with Crippen molar-refractivity contribution in [3.63, 3.8) is 0 Å². The predicted octanol–water partition coefficient (Wildman–Crippen LogP) is 7.76. The van der Waals surface area contributed by atoms with Gasteiger partial charge in [0.25, 0.3) is 0 Å². The van der Waals surface area contributed by atoms with E-state index in [1.165, 1.54) is 44.1 Å². The van der Waals surface area contributed by atoms with Crippen molar-refractivity contribution in [3.05, 3.63) is 96.3 Å². The van der Waals surface area contributed by atoms with E-state index in [-0.39, 0.29) is 0 Å². The summed E-state index contributed by atoms with van der Waals surface area (Å²) in [6.07, 6.45) is 12.0. The number of hydrogen-bond donors (Lipinski definition) is 0. The number of fused-ring (bicyclic) bond motifs is 1. The van der Waals surface area contributed by atoms with Crippen LogP contribution in [0, 0.1) is 29.1 Å². The summed E-state index contributed by atoms with van der Waals surface area (Å²) in [6.45, 7) is 0. The van der Waals surface area contributed by atoms with Crippen LogP contribution in [-0.4, -0.2) is 19.9 Å². The largest absolute Gasteiger partial charge is 0.265 e. The molecule has 194 valence electrons. The molecular formula is C35H29N5. The highest BCUT2D eigenvalue weighted by molar-refractivity contribution is 5.91. The SMILES string of the molecule is N#Cc1cccc2cc(-c3nc(-c4ccncc4)nc(-c4ccc(C56CC7CC(CC(C7)C5)C6)cc4)n3)ccc12. The number of nitrogens with zero attached hydrogens (tertiary/aromatic N) is 5. The first-order chi connectivity index (χ1) is 19.7. The van der Waals surface area contributed by atoms with Crippen molar-refractivity contribution in [1.29, 1.82) is 5.26 Å². The normalized spacial score (nSPS) is 24.7. The Morgan fingerprint density at radius 2 is 1.23 bits per heavy atom. The Bertz CT molecular complexity index is 1750. The summed E-state index contributed by atoms with van der Waals surface area (Å²) in [5.41, 5.74) is 5.33. The average Bonchev–Trinajstić information content (AvgIpc) is 3.00. The molecule has 0 saturated heterocycles. The molecule has 0 amide bonds. The van der Waals surface area contributed by atoms with Gasteiger partial charge in [-0.3, -0.25) is 4.98 Å². The molecule has 5 heteroatoms. The van der Waals surface area contributed by atoms with Crippen LogP contribution in [-0.2, 0) is 5.41 Å². The van der Waals surface area contributed by atoms with E-state index in [9.17, 15) is 5.26 Å². The average molecular weight is 520 g/mol. The van der Waals surface area contributed by atoms with Crippen LogP contribution >= 0.6 is 0 Å². The lowest BCUT2D eigenvalue weighted by atomic mass is 9.48. The minimum atomic E-state index is 0.368. The van der Waals surface area contributed by atoms with E-state index < -0.39 is 0 Å². The molecule has 2 aromatic heterocycles. The van der Waals surface area contributed by atoms with Gasteiger partial charge in [0, 0.05) is 29.1 Å². The third kappa shape index (κ3) is 3.90. The topological polar surface area (TPSA) is 75.3 Å². The van der Waals surface area contributed by atoms with Crippen molar-refractivity contribution < 1.29 is 0 Å². The summed E-state index contributed by atoms with van der Waals surface area (Å²) in [4.78, 5) is 18.9. The zero-order valence-corrected chi connectivity index (χ0v) is 22.3. The molecule has 0 atom stereocenters. The first-order valence-electron chi connectivity index (χ1n) is 14.4. The van der Waals surface area contributed by atoms with Crippen molar-refractivity contribution in [2.75, 3.05) is 0 Å². The van der Waals surface area contributed by atoms with Gasteiger partial charge in [0.15, 0.2) is 17.5 Å². The van der Waals surface area contributed by atoms with Crippen molar-refractivity contribution >= 4 is 10.8 Å². The fourth-order valence-electron chi connectivity index (χ4n) is 8.22. The second-order valence-corrected chi connectivity index (χ2v) is 12.2. The highest BCUT2D eigenvalue weighted by atomic mass is 15.0. The molecule has 5 nitrogen and oxygen atoms in total. The summed E-state index contributed by atoms with van der Waals surface area (Å²) in [6, 6.07) is 27.1. The lowest BCUT2D eigenvalue weighted by Crippen LogP contribution is -2.48. The summed E-state index contributed by atoms with van der Waals surface area (Å²) >= 11 is 0. The second-order valence-electron chi connectivity index (χ2n) is 12.2. The molecule has 5 aromatic rings. The van der Waals surface area contributed by atoms with E-state index in [0.717, 1.165) is 45.2 Å². The monoisotopic (exact) mass is 519 g/mol. The van der Waals surface area contributed by atoms with Gasteiger partial charge < -0.3 is 0 Å². The third-order valence-corrected chi connectivity index (χ3v) is 9.63. The Morgan fingerprint density at radius 1 is 0.650 bits per heavy atom. The lowest BCUT2D eigenvalue weighted by Gasteiger charge is -2.57. The molecule has 9 rings (SSSR count). The summed E-state index contributed by atoms with van der Waals surface area (Å²) < 4.78 is 0. The summed E-state index contributed by atoms with van der Waals surface area (Å²) in [7, 11) is 0. The van der Waals surface area contributed by atoms with Crippen LogP contribution in [0.15, 0.2) is 85.2 Å². The predicted molar refractivity (Wildman–Crippen MR) is 156 cm³/mol. The first kappa shape index (κ1) is 23.5. The van der Waals surface area contributed by atoms with Crippen LogP contribution in [0.5, 0.6) is 0 Å². The molecule has 4 saturated carbocycles. The fourth-order valence-corrected chi connectivity index (χ4v) is 8.22. The van der Waals surface area contributed by atoms with Crippen LogP contribution in [0.3, 0.4) is 0 Å². The smallest absolute Gasteiger partial charge is 0.164 e. The summed E-state index contributed by atoms with van der Waals surface area (Å²) in [5.74, 6) is 4.67. The van der Waals surface area contributed by atoms with E-state index >= 15 is 0 Å². The van der Waals surface area contributed by atoms with Gasteiger partial charge in [0.05, 0.1) is 11.6 Å². The minimum absolute atomic E-state index is 0.368. The van der Waals surface area contributed by atoms with Crippen molar-refractivity contribution in [2.45, 2.75) is 43.9 Å². The number of pyridine rings is 1. The maximum absolute atomic E-state index is 9.52. The van der Waals surface area contributed by atoms with Gasteiger partial charge in [-0.15, -0.1) is 0 Å². The molecule has 4 aliphatic carbocycles. The molecule has 3 aromatic carbocycles. The van der Waals surface area contributed by atoms with E-state index in [0.29, 0.717) is 28.5 Å². The molecule has 40 heavy (non-hydrogen) atoms. The highest BCUT2D eigenvalue weighted by Crippen LogP contribution is 2.60. The minimum Gasteiger partial charge on any atom is -0.265 e. The molecule has 0 N–H and O–H groups in total. The highest BCUT2D eigenvalue weighted by Gasteiger charge is 2.51. The van der Waals surface area contributed by atoms with Crippen molar-refractivity contribution in [1.82, 2.24) is 19.9 Å². The van der Waals surface area contributed by atoms with Crippen molar-refractivity contribution in [2.24, 2.45) is 17.8 Å². The number of rotatable bonds is 4. The molecule has 4 aliphatic rings. The van der Waals surface area contributed by atoms with E-state index in [1.807, 2.05) is 42.5 Å². The molecule has 0 spiro atoms. The Hall–Kier alpha value is -4.43. The maximum atomic E-state index is 9.52. The standard InChI is InChI=1S/C35H29N5/c36-21-29-3-1-2-27-17-28(6-9-31(27)29)34-39-32(38-33(40-34)26-10-12-37-13-11-26)25-4-7-30(8-5-25)35-18-22-14-23(19-35)16-24(15-22)20-35/h1-13,17,22-24H,14-16,18-20H2. The van der Waals surface area contributed by atoms with Gasteiger partial charge >= 0.3 is 0 Å². The number of benzene rings is 3. The van der Waals surface area contributed by atoms with Gasteiger partial charge in [0.2, 0.25) is 0 Å². The zero-order chi connectivity index (χ0) is 26.7. The van der Waals surface area contributed by atoms with Gasteiger partial charge in [-0.25, -0.2) is 15.0 Å². The van der Waals surface area contributed by atoms with Gasteiger partial charge in [0.1, 0.15) is 0 Å². The Kier molecular flexibility index (Phi) is 5.31.